The second kappa shape index (κ2) is 9.47. The zero-order valence-corrected chi connectivity index (χ0v) is 15.4. The van der Waals surface area contributed by atoms with Crippen molar-refractivity contribution < 1.29 is 14.3 Å². The number of methoxy groups -OCH3 is 1. The Balaban J connectivity index is 1.28. The van der Waals surface area contributed by atoms with Crippen LogP contribution in [0.4, 0.5) is 4.79 Å². The first-order valence-corrected chi connectivity index (χ1v) is 8.94. The van der Waals surface area contributed by atoms with Crippen molar-refractivity contribution >= 4 is 17.1 Å². The minimum Gasteiger partial charge on any atom is -0.497 e. The lowest BCUT2D eigenvalue weighted by molar-refractivity contribution is 0.236. The summed E-state index contributed by atoms with van der Waals surface area (Å²) >= 11 is 0. The number of aromatic nitrogens is 2. The zero-order chi connectivity index (χ0) is 18.9. The van der Waals surface area contributed by atoms with Crippen molar-refractivity contribution in [1.82, 2.24) is 20.2 Å². The van der Waals surface area contributed by atoms with Gasteiger partial charge in [-0.3, -0.25) is 0 Å². The smallest absolute Gasteiger partial charge is 0.314 e. The van der Waals surface area contributed by atoms with Gasteiger partial charge in [-0.1, -0.05) is 12.1 Å². The molecule has 7 nitrogen and oxygen atoms in total. The summed E-state index contributed by atoms with van der Waals surface area (Å²) in [6.45, 7) is 2.24. The SMILES string of the molecule is COc1ccc(OCCNC(=O)NCCCn2cnc3ccccc32)cc1. The molecule has 27 heavy (non-hydrogen) atoms. The molecule has 0 atom stereocenters. The lowest BCUT2D eigenvalue weighted by Gasteiger charge is -2.10. The van der Waals surface area contributed by atoms with Crippen LogP contribution in [-0.2, 0) is 6.54 Å². The monoisotopic (exact) mass is 368 g/mol. The molecule has 3 rings (SSSR count). The van der Waals surface area contributed by atoms with Gasteiger partial charge in [-0.15, -0.1) is 0 Å². The van der Waals surface area contributed by atoms with Crippen LogP contribution in [0.25, 0.3) is 11.0 Å². The summed E-state index contributed by atoms with van der Waals surface area (Å²) in [6, 6.07) is 15.2. The van der Waals surface area contributed by atoms with Crippen LogP contribution in [-0.4, -0.2) is 42.4 Å². The minimum atomic E-state index is -0.191. The number of carbonyl (C=O) groups excluding carboxylic acids is 1. The second-order valence-electron chi connectivity index (χ2n) is 5.99. The minimum absolute atomic E-state index is 0.191. The van der Waals surface area contributed by atoms with Crippen molar-refractivity contribution in [1.29, 1.82) is 0 Å². The molecular formula is C20H24N4O3. The number of urea groups is 1. The lowest BCUT2D eigenvalue weighted by Crippen LogP contribution is -2.38. The van der Waals surface area contributed by atoms with Gasteiger partial charge in [0.05, 0.1) is 31.0 Å². The van der Waals surface area contributed by atoms with E-state index in [0.29, 0.717) is 19.7 Å². The van der Waals surface area contributed by atoms with Gasteiger partial charge in [-0.2, -0.15) is 0 Å². The van der Waals surface area contributed by atoms with Crippen LogP contribution in [0, 0.1) is 0 Å². The first kappa shape index (κ1) is 18.6. The second-order valence-corrected chi connectivity index (χ2v) is 5.99. The third-order valence-electron chi connectivity index (χ3n) is 4.10. The molecule has 2 N–H and O–H groups in total. The van der Waals surface area contributed by atoms with Crippen molar-refractivity contribution in [2.75, 3.05) is 26.8 Å². The Labute approximate surface area is 158 Å². The number of nitrogens with one attached hydrogen (secondary N) is 2. The fourth-order valence-electron chi connectivity index (χ4n) is 2.71. The summed E-state index contributed by atoms with van der Waals surface area (Å²) < 4.78 is 12.7. The Hall–Kier alpha value is -3.22. The maximum absolute atomic E-state index is 11.8. The van der Waals surface area contributed by atoms with E-state index in [-0.39, 0.29) is 6.03 Å². The van der Waals surface area contributed by atoms with E-state index >= 15 is 0 Å². The van der Waals surface area contributed by atoms with Gasteiger partial charge >= 0.3 is 6.03 Å². The van der Waals surface area contributed by atoms with Crippen LogP contribution in [0.15, 0.2) is 54.9 Å². The summed E-state index contributed by atoms with van der Waals surface area (Å²) in [5, 5.41) is 5.63. The topological polar surface area (TPSA) is 77.4 Å². The van der Waals surface area contributed by atoms with E-state index in [2.05, 4.69) is 20.2 Å². The van der Waals surface area contributed by atoms with Crippen LogP contribution in [0.2, 0.25) is 0 Å². The highest BCUT2D eigenvalue weighted by atomic mass is 16.5. The summed E-state index contributed by atoms with van der Waals surface area (Å²) in [5.74, 6) is 1.52. The number of para-hydroxylation sites is 2. The number of carbonyl (C=O) groups is 1. The number of benzene rings is 2. The maximum atomic E-state index is 11.8. The third-order valence-corrected chi connectivity index (χ3v) is 4.10. The van der Waals surface area contributed by atoms with Crippen LogP contribution < -0.4 is 20.1 Å². The summed E-state index contributed by atoms with van der Waals surface area (Å²) in [4.78, 5) is 16.2. The fourth-order valence-corrected chi connectivity index (χ4v) is 2.71. The van der Waals surface area contributed by atoms with Crippen molar-refractivity contribution in [3.8, 4) is 11.5 Å². The number of aryl methyl sites for hydroxylation is 1. The Morgan fingerprint density at radius 3 is 2.59 bits per heavy atom. The number of rotatable bonds is 9. The summed E-state index contributed by atoms with van der Waals surface area (Å²) in [7, 11) is 1.62. The van der Waals surface area contributed by atoms with Gasteiger partial charge in [-0.25, -0.2) is 9.78 Å². The number of hydrogen-bond acceptors (Lipinski definition) is 4. The van der Waals surface area contributed by atoms with Crippen LogP contribution >= 0.6 is 0 Å². The van der Waals surface area contributed by atoms with E-state index in [1.807, 2.05) is 54.9 Å². The van der Waals surface area contributed by atoms with Gasteiger partial charge < -0.3 is 24.7 Å². The predicted octanol–water partition coefficient (Wildman–Crippen LogP) is 2.81. The molecule has 1 aromatic heterocycles. The van der Waals surface area contributed by atoms with Gasteiger partial charge in [0.15, 0.2) is 0 Å². The van der Waals surface area contributed by atoms with E-state index in [4.69, 9.17) is 9.47 Å². The van der Waals surface area contributed by atoms with Crippen molar-refractivity contribution in [3.63, 3.8) is 0 Å². The highest BCUT2D eigenvalue weighted by molar-refractivity contribution is 5.75. The molecule has 7 heteroatoms. The molecule has 2 aromatic carbocycles. The van der Waals surface area contributed by atoms with E-state index in [9.17, 15) is 4.79 Å². The molecule has 0 saturated heterocycles. The average Bonchev–Trinajstić information content (AvgIpc) is 3.12. The van der Waals surface area contributed by atoms with Gasteiger partial charge in [0.1, 0.15) is 18.1 Å². The zero-order valence-electron chi connectivity index (χ0n) is 15.4. The molecule has 2 amide bonds. The van der Waals surface area contributed by atoms with Crippen LogP contribution in [0.5, 0.6) is 11.5 Å². The van der Waals surface area contributed by atoms with Gasteiger partial charge in [-0.05, 0) is 42.8 Å². The van der Waals surface area contributed by atoms with E-state index in [1.54, 1.807) is 7.11 Å². The highest BCUT2D eigenvalue weighted by Crippen LogP contribution is 2.16. The molecule has 0 saturated carbocycles. The number of nitrogens with zero attached hydrogens (tertiary/aromatic N) is 2. The Morgan fingerprint density at radius 2 is 1.78 bits per heavy atom. The normalized spacial score (nSPS) is 10.6. The molecule has 0 fully saturated rings. The highest BCUT2D eigenvalue weighted by Gasteiger charge is 2.02. The lowest BCUT2D eigenvalue weighted by atomic mass is 10.3. The largest absolute Gasteiger partial charge is 0.497 e. The molecule has 0 spiro atoms. The molecular weight excluding hydrogens is 344 g/mol. The van der Waals surface area contributed by atoms with Gasteiger partial charge in [0.25, 0.3) is 0 Å². The number of amides is 2. The first-order chi connectivity index (χ1) is 13.3. The van der Waals surface area contributed by atoms with E-state index < -0.39 is 0 Å². The van der Waals surface area contributed by atoms with Crippen molar-refractivity contribution in [2.45, 2.75) is 13.0 Å². The number of hydrogen-bond donors (Lipinski definition) is 2. The summed E-state index contributed by atoms with van der Waals surface area (Å²) in [6.07, 6.45) is 2.66. The standard InChI is InChI=1S/C20H24N4O3/c1-26-16-7-9-17(10-8-16)27-14-12-22-20(25)21-11-4-13-24-15-23-18-5-2-3-6-19(18)24/h2-3,5-10,15H,4,11-14H2,1H3,(H2,21,22,25). The average molecular weight is 368 g/mol. The third kappa shape index (κ3) is 5.37. The molecule has 0 radical (unpaired) electrons. The quantitative estimate of drug-likeness (QED) is 0.570. The molecule has 0 bridgehead atoms. The molecule has 0 unspecified atom stereocenters. The molecule has 0 aliphatic carbocycles. The van der Waals surface area contributed by atoms with Crippen LogP contribution in [0.3, 0.4) is 0 Å². The van der Waals surface area contributed by atoms with Crippen LogP contribution in [0.1, 0.15) is 6.42 Å². The molecule has 0 aliphatic rings. The van der Waals surface area contributed by atoms with Crippen molar-refractivity contribution in [3.05, 3.63) is 54.9 Å². The molecule has 0 aliphatic heterocycles. The Kier molecular flexibility index (Phi) is 6.51. The van der Waals surface area contributed by atoms with Gasteiger partial charge in [0.2, 0.25) is 0 Å². The predicted molar refractivity (Wildman–Crippen MR) is 104 cm³/mol. The maximum Gasteiger partial charge on any atom is 0.314 e. The number of imidazole rings is 1. The molecule has 1 heterocycles. The van der Waals surface area contributed by atoms with E-state index in [0.717, 1.165) is 35.5 Å². The number of fused-ring (bicyclic) bond motifs is 1. The Bertz CT molecular complexity index is 861. The van der Waals surface area contributed by atoms with Crippen molar-refractivity contribution in [2.24, 2.45) is 0 Å². The Morgan fingerprint density at radius 1 is 1.04 bits per heavy atom. The van der Waals surface area contributed by atoms with E-state index in [1.165, 1.54) is 0 Å². The number of ether oxygens (including phenoxy) is 2. The molecule has 142 valence electrons. The van der Waals surface area contributed by atoms with Gasteiger partial charge in [0, 0.05) is 13.1 Å². The fraction of sp³-hybridized carbons (Fsp3) is 0.300. The molecule has 3 aromatic rings. The summed E-state index contributed by atoms with van der Waals surface area (Å²) in [5.41, 5.74) is 2.10. The first-order valence-electron chi connectivity index (χ1n) is 8.94.